The molecule has 0 saturated heterocycles. The van der Waals surface area contributed by atoms with Gasteiger partial charge in [-0.2, -0.15) is 5.10 Å². The van der Waals surface area contributed by atoms with Gasteiger partial charge in [0.1, 0.15) is 11.5 Å². The lowest BCUT2D eigenvalue weighted by Gasteiger charge is -2.13. The van der Waals surface area contributed by atoms with Gasteiger partial charge in [0.15, 0.2) is 0 Å². The van der Waals surface area contributed by atoms with Crippen molar-refractivity contribution >= 4 is 33.5 Å². The fraction of sp³-hybridized carbons (Fsp3) is 0.250. The highest BCUT2D eigenvalue weighted by atomic mass is 79.9. The predicted molar refractivity (Wildman–Crippen MR) is 123 cm³/mol. The van der Waals surface area contributed by atoms with E-state index in [-0.39, 0.29) is 11.7 Å². The second-order valence-electron chi connectivity index (χ2n) is 7.81. The van der Waals surface area contributed by atoms with Gasteiger partial charge in [-0.05, 0) is 78.9 Å². The van der Waals surface area contributed by atoms with Gasteiger partial charge < -0.3 is 9.15 Å². The van der Waals surface area contributed by atoms with E-state index >= 15 is 0 Å². The smallest absolute Gasteiger partial charge is 0.379 e. The lowest BCUT2D eigenvalue weighted by molar-refractivity contribution is 0.0698. The Balaban J connectivity index is 1.57. The Kier molecular flexibility index (Phi) is 6.23. The molecule has 1 N–H and O–H groups in total. The van der Waals surface area contributed by atoms with Gasteiger partial charge in [0.2, 0.25) is 5.76 Å². The first-order valence-electron chi connectivity index (χ1n) is 10.2. The molecule has 1 aliphatic rings. The number of amides is 1. The lowest BCUT2D eigenvalue weighted by Crippen LogP contribution is -2.22. The summed E-state index contributed by atoms with van der Waals surface area (Å²) >= 11 is 3.30. The molecule has 0 bridgehead atoms. The van der Waals surface area contributed by atoms with Crippen LogP contribution in [0, 0.1) is 20.8 Å². The number of rotatable bonds is 4. The Morgan fingerprint density at radius 1 is 1.09 bits per heavy atom. The molecule has 0 fully saturated rings. The van der Waals surface area contributed by atoms with Crippen LogP contribution in [-0.2, 0) is 6.42 Å². The highest BCUT2D eigenvalue weighted by Gasteiger charge is 2.29. The predicted octanol–water partition coefficient (Wildman–Crippen LogP) is 5.05. The van der Waals surface area contributed by atoms with Crippen molar-refractivity contribution in [3.63, 3.8) is 0 Å². The van der Waals surface area contributed by atoms with E-state index in [4.69, 9.17) is 9.15 Å². The number of carbonyl (C=O) groups is 2. The Morgan fingerprint density at radius 2 is 1.84 bits per heavy atom. The zero-order valence-electron chi connectivity index (χ0n) is 18.0. The summed E-state index contributed by atoms with van der Waals surface area (Å²) in [7, 11) is 0. The van der Waals surface area contributed by atoms with Crippen LogP contribution >= 0.6 is 15.9 Å². The van der Waals surface area contributed by atoms with Crippen molar-refractivity contribution in [2.45, 2.75) is 40.0 Å². The number of furan rings is 1. The molecule has 1 amide bonds. The fourth-order valence-electron chi connectivity index (χ4n) is 3.84. The van der Waals surface area contributed by atoms with Crippen LogP contribution in [0.15, 0.2) is 50.7 Å². The quantitative estimate of drug-likeness (QED) is 0.310. The Morgan fingerprint density at radius 3 is 2.56 bits per heavy atom. The number of halogens is 1. The number of nitrogens with one attached hydrogen (secondary N) is 1. The second kappa shape index (κ2) is 9.08. The number of esters is 1. The van der Waals surface area contributed by atoms with E-state index in [1.165, 1.54) is 6.20 Å². The van der Waals surface area contributed by atoms with Crippen molar-refractivity contribution in [2.24, 2.45) is 5.10 Å². The monoisotopic (exact) mass is 495 g/mol. The summed E-state index contributed by atoms with van der Waals surface area (Å²) in [5.74, 6) is 0.397. The Hall–Kier alpha value is -3.26. The van der Waals surface area contributed by atoms with Gasteiger partial charge in [0.05, 0.1) is 11.3 Å². The first-order chi connectivity index (χ1) is 15.3. The molecule has 0 unspecified atom stereocenters. The topological polar surface area (TPSA) is 93.8 Å². The molecule has 8 heteroatoms. The molecule has 32 heavy (non-hydrogen) atoms. The molecule has 7 nitrogen and oxygen atoms in total. The molecule has 4 rings (SSSR count). The van der Waals surface area contributed by atoms with Crippen LogP contribution in [-0.4, -0.2) is 22.6 Å². The average molecular weight is 496 g/mol. The van der Waals surface area contributed by atoms with Crippen LogP contribution in [0.5, 0.6) is 5.75 Å². The molecular weight excluding hydrogens is 474 g/mol. The van der Waals surface area contributed by atoms with Gasteiger partial charge >= 0.3 is 5.97 Å². The number of hydrogen-bond acceptors (Lipinski definition) is 6. The number of carbonyl (C=O) groups excluding carboxylic acids is 2. The number of ether oxygens (including phenoxy) is 1. The zero-order chi connectivity index (χ0) is 22.8. The first kappa shape index (κ1) is 22.0. The molecule has 164 valence electrons. The highest BCUT2D eigenvalue weighted by Crippen LogP contribution is 2.31. The fourth-order valence-corrected chi connectivity index (χ4v) is 4.20. The number of fused-ring (bicyclic) bond motifs is 1. The number of aryl methyl sites for hydroxylation is 3. The molecule has 1 aromatic carbocycles. The normalized spacial score (nSPS) is 14.2. The van der Waals surface area contributed by atoms with Crippen LogP contribution in [0.1, 0.15) is 61.8 Å². The summed E-state index contributed by atoms with van der Waals surface area (Å²) in [6.07, 6.45) is 5.23. The van der Waals surface area contributed by atoms with Gasteiger partial charge in [-0.1, -0.05) is 6.07 Å². The van der Waals surface area contributed by atoms with Gasteiger partial charge in [0, 0.05) is 34.4 Å². The number of benzene rings is 1. The van der Waals surface area contributed by atoms with E-state index in [9.17, 15) is 9.59 Å². The van der Waals surface area contributed by atoms with E-state index < -0.39 is 5.97 Å². The summed E-state index contributed by atoms with van der Waals surface area (Å²) in [5.41, 5.74) is 7.09. The first-order valence-corrected chi connectivity index (χ1v) is 11.0. The van der Waals surface area contributed by atoms with Crippen molar-refractivity contribution in [1.29, 1.82) is 0 Å². The largest absolute Gasteiger partial charge is 0.453 e. The van der Waals surface area contributed by atoms with Crippen molar-refractivity contribution in [3.8, 4) is 5.75 Å². The number of aromatic nitrogens is 1. The third-order valence-electron chi connectivity index (χ3n) is 5.18. The molecule has 2 aromatic heterocycles. The van der Waals surface area contributed by atoms with E-state index in [2.05, 4.69) is 31.4 Å². The summed E-state index contributed by atoms with van der Waals surface area (Å²) < 4.78 is 12.2. The third kappa shape index (κ3) is 4.65. The summed E-state index contributed by atoms with van der Waals surface area (Å²) in [5, 5.41) is 4.33. The highest BCUT2D eigenvalue weighted by molar-refractivity contribution is 9.10. The lowest BCUT2D eigenvalue weighted by atomic mass is 9.93. The van der Waals surface area contributed by atoms with Crippen LogP contribution in [0.4, 0.5) is 0 Å². The third-order valence-corrected chi connectivity index (χ3v) is 5.61. The average Bonchev–Trinajstić information content (AvgIpc) is 3.08. The van der Waals surface area contributed by atoms with Crippen molar-refractivity contribution in [3.05, 3.63) is 80.5 Å². The van der Waals surface area contributed by atoms with Crippen LogP contribution in [0.25, 0.3) is 0 Å². The maximum Gasteiger partial charge on any atom is 0.379 e. The van der Waals surface area contributed by atoms with E-state index in [1.807, 2.05) is 32.0 Å². The molecule has 3 aromatic rings. The maximum atomic E-state index is 12.8. The minimum atomic E-state index is -0.550. The number of hydrazone groups is 1. The molecule has 0 aliphatic heterocycles. The van der Waals surface area contributed by atoms with E-state index in [0.29, 0.717) is 45.7 Å². The van der Waals surface area contributed by atoms with Crippen molar-refractivity contribution in [1.82, 2.24) is 10.4 Å². The molecule has 0 spiro atoms. The molecule has 2 heterocycles. The summed E-state index contributed by atoms with van der Waals surface area (Å²) in [4.78, 5) is 29.3. The Bertz CT molecular complexity index is 1230. The minimum absolute atomic E-state index is 0.159. The number of pyridine rings is 1. The van der Waals surface area contributed by atoms with Crippen molar-refractivity contribution in [2.75, 3.05) is 0 Å². The van der Waals surface area contributed by atoms with Crippen LogP contribution in [0.2, 0.25) is 0 Å². The van der Waals surface area contributed by atoms with E-state index in [0.717, 1.165) is 23.1 Å². The molecule has 0 radical (unpaired) electrons. The van der Waals surface area contributed by atoms with Gasteiger partial charge in [-0.15, -0.1) is 0 Å². The zero-order valence-corrected chi connectivity index (χ0v) is 19.6. The number of nitrogens with zero attached hydrogens (tertiary/aromatic N) is 2. The van der Waals surface area contributed by atoms with Crippen LogP contribution < -0.4 is 10.2 Å². The van der Waals surface area contributed by atoms with Crippen LogP contribution in [0.3, 0.4) is 0 Å². The molecule has 0 saturated carbocycles. The molecule has 1 aliphatic carbocycles. The second-order valence-corrected chi connectivity index (χ2v) is 8.73. The maximum absolute atomic E-state index is 12.8. The number of hydrogen-bond donors (Lipinski definition) is 1. The van der Waals surface area contributed by atoms with Crippen molar-refractivity contribution < 1.29 is 18.7 Å². The van der Waals surface area contributed by atoms with E-state index in [1.54, 1.807) is 19.2 Å². The van der Waals surface area contributed by atoms with Gasteiger partial charge in [-0.25, -0.2) is 10.2 Å². The van der Waals surface area contributed by atoms with Gasteiger partial charge in [0.25, 0.3) is 5.91 Å². The summed E-state index contributed by atoms with van der Waals surface area (Å²) in [6.45, 7) is 5.70. The molecule has 0 atom stereocenters. The Labute approximate surface area is 194 Å². The van der Waals surface area contributed by atoms with Gasteiger partial charge in [-0.3, -0.25) is 9.78 Å². The SMILES string of the molecule is Cc1cc(C)cc(OC(=O)c2oc3c(c2C)/C(=N/NC(=O)c2cncc(Br)c2)CCC3)c1. The summed E-state index contributed by atoms with van der Waals surface area (Å²) in [6, 6.07) is 7.29. The minimum Gasteiger partial charge on any atom is -0.453 e. The standard InChI is InChI=1S/C24H22BrN3O4/c1-13-7-14(2)9-18(8-13)31-24(30)22-15(3)21-19(5-4-6-20(21)32-22)27-28-23(29)16-10-17(25)12-26-11-16/h7-12H,4-6H2,1-3H3,(H,28,29)/b27-19+. The molecular formula is C24H22BrN3O4.